The number of methoxy groups -OCH3 is 2. The molecule has 0 spiro atoms. The van der Waals surface area contributed by atoms with E-state index in [9.17, 15) is 24.3 Å². The summed E-state index contributed by atoms with van der Waals surface area (Å²) in [6.45, 7) is 10.9. The Labute approximate surface area is 335 Å². The molecule has 57 heavy (non-hydrogen) atoms. The zero-order valence-electron chi connectivity index (χ0n) is 34.0. The zero-order valence-corrected chi connectivity index (χ0v) is 34.0. The van der Waals surface area contributed by atoms with Crippen LogP contribution >= 0.6 is 0 Å². The normalized spacial score (nSPS) is 14.2. The second-order valence-electron chi connectivity index (χ2n) is 16.2. The van der Waals surface area contributed by atoms with Gasteiger partial charge >= 0.3 is 12.2 Å². The number of hydrogen-bond acceptors (Lipinski definition) is 9. The van der Waals surface area contributed by atoms with Crippen LogP contribution in [0.15, 0.2) is 97.3 Å². The molecule has 5 atom stereocenters. The Balaban J connectivity index is 1.68. The molecule has 0 saturated heterocycles. The van der Waals surface area contributed by atoms with Gasteiger partial charge in [0.15, 0.2) is 0 Å². The number of nitrogens with zero attached hydrogens (tertiary/aromatic N) is 2. The molecule has 13 nitrogen and oxygen atoms in total. The van der Waals surface area contributed by atoms with E-state index in [-0.39, 0.29) is 12.8 Å². The van der Waals surface area contributed by atoms with Gasteiger partial charge in [-0.05, 0) is 65.5 Å². The van der Waals surface area contributed by atoms with Gasteiger partial charge in [-0.1, -0.05) is 102 Å². The van der Waals surface area contributed by atoms with Gasteiger partial charge in [0.2, 0.25) is 11.8 Å². The molecule has 13 heteroatoms. The number of aromatic nitrogens is 2. The SMILES string of the molecule is COC(=O)N[C@H](C(=O)N[C@@H](Cc1ccc(-c2ccccn2)cc1)C[C@H](O)[C@H](Cc1ccc(-c2ccccn2)cc1)NC(=O)[C@H](NC(=O)OC)C(C)(C)C)C(C)(C)C. The second-order valence-corrected chi connectivity index (χ2v) is 16.2. The summed E-state index contributed by atoms with van der Waals surface area (Å²) in [4.78, 5) is 61.5. The van der Waals surface area contributed by atoms with Crippen molar-refractivity contribution in [2.45, 2.75) is 91.1 Å². The highest BCUT2D eigenvalue weighted by atomic mass is 16.5. The Morgan fingerprint density at radius 1 is 0.596 bits per heavy atom. The fourth-order valence-electron chi connectivity index (χ4n) is 6.42. The van der Waals surface area contributed by atoms with E-state index in [2.05, 4.69) is 31.2 Å². The molecule has 4 amide bonds. The van der Waals surface area contributed by atoms with E-state index in [1.165, 1.54) is 14.2 Å². The van der Waals surface area contributed by atoms with Gasteiger partial charge in [0, 0.05) is 29.6 Å². The number of alkyl carbamates (subject to hydrolysis) is 2. The molecule has 2 heterocycles. The Hall–Kier alpha value is -5.82. The van der Waals surface area contributed by atoms with E-state index in [0.29, 0.717) is 6.42 Å². The van der Waals surface area contributed by atoms with Gasteiger partial charge in [-0.25, -0.2) is 9.59 Å². The molecular formula is C44H56N6O7. The van der Waals surface area contributed by atoms with Crippen LogP contribution in [0, 0.1) is 10.8 Å². The number of ether oxygens (including phenoxy) is 2. The van der Waals surface area contributed by atoms with Crippen molar-refractivity contribution in [2.75, 3.05) is 14.2 Å². The van der Waals surface area contributed by atoms with Gasteiger partial charge in [0.1, 0.15) is 12.1 Å². The van der Waals surface area contributed by atoms with Crippen LogP contribution < -0.4 is 21.3 Å². The maximum absolute atomic E-state index is 14.0. The molecule has 0 aliphatic heterocycles. The van der Waals surface area contributed by atoms with Gasteiger partial charge in [-0.15, -0.1) is 0 Å². The molecule has 4 rings (SSSR count). The topological polar surface area (TPSA) is 181 Å². The summed E-state index contributed by atoms with van der Waals surface area (Å²) in [5.41, 5.74) is 3.73. The number of carbonyl (C=O) groups is 4. The Bertz CT molecular complexity index is 1910. The summed E-state index contributed by atoms with van der Waals surface area (Å²) in [7, 11) is 2.45. The van der Waals surface area contributed by atoms with Crippen molar-refractivity contribution in [1.29, 1.82) is 0 Å². The quantitative estimate of drug-likeness (QED) is 0.0988. The average molecular weight is 781 g/mol. The molecule has 0 unspecified atom stereocenters. The summed E-state index contributed by atoms with van der Waals surface area (Å²) in [6, 6.07) is 23.3. The molecule has 0 bridgehead atoms. The van der Waals surface area contributed by atoms with Crippen molar-refractivity contribution in [3.05, 3.63) is 108 Å². The van der Waals surface area contributed by atoms with E-state index in [1.807, 2.05) is 126 Å². The third kappa shape index (κ3) is 13.1. The number of amides is 4. The van der Waals surface area contributed by atoms with Crippen LogP contribution in [0.5, 0.6) is 0 Å². The minimum Gasteiger partial charge on any atom is -0.453 e. The molecule has 0 aliphatic rings. The van der Waals surface area contributed by atoms with Crippen LogP contribution in [0.4, 0.5) is 9.59 Å². The fourth-order valence-corrected chi connectivity index (χ4v) is 6.42. The Morgan fingerprint density at radius 2 is 1.02 bits per heavy atom. The number of carbonyl (C=O) groups excluding carboxylic acids is 4. The maximum atomic E-state index is 14.0. The molecule has 0 aliphatic carbocycles. The Morgan fingerprint density at radius 3 is 1.40 bits per heavy atom. The van der Waals surface area contributed by atoms with Crippen molar-refractivity contribution in [3.63, 3.8) is 0 Å². The monoisotopic (exact) mass is 780 g/mol. The second kappa shape index (κ2) is 19.9. The minimum atomic E-state index is -1.19. The molecule has 0 radical (unpaired) electrons. The number of benzene rings is 2. The van der Waals surface area contributed by atoms with Crippen LogP contribution in [-0.2, 0) is 31.9 Å². The van der Waals surface area contributed by atoms with Crippen molar-refractivity contribution >= 4 is 24.0 Å². The first kappa shape index (κ1) is 43.9. The maximum Gasteiger partial charge on any atom is 0.407 e. The minimum absolute atomic E-state index is 0.0183. The first-order valence-electron chi connectivity index (χ1n) is 19.0. The van der Waals surface area contributed by atoms with Gasteiger partial charge in [0.05, 0.1) is 37.8 Å². The van der Waals surface area contributed by atoms with Crippen molar-refractivity contribution in [1.82, 2.24) is 31.2 Å². The largest absolute Gasteiger partial charge is 0.453 e. The predicted molar refractivity (Wildman–Crippen MR) is 219 cm³/mol. The number of pyridine rings is 2. The van der Waals surface area contributed by atoms with Crippen LogP contribution in [0.2, 0.25) is 0 Å². The van der Waals surface area contributed by atoms with E-state index < -0.39 is 65.1 Å². The van der Waals surface area contributed by atoms with Gasteiger partial charge in [0.25, 0.3) is 0 Å². The molecule has 304 valence electrons. The number of hydrogen-bond donors (Lipinski definition) is 5. The van der Waals surface area contributed by atoms with Gasteiger partial charge in [-0.3, -0.25) is 19.6 Å². The van der Waals surface area contributed by atoms with Gasteiger partial charge < -0.3 is 35.8 Å². The van der Waals surface area contributed by atoms with Crippen molar-refractivity contribution in [2.24, 2.45) is 10.8 Å². The smallest absolute Gasteiger partial charge is 0.407 e. The van der Waals surface area contributed by atoms with E-state index in [0.717, 1.165) is 33.6 Å². The number of rotatable bonds is 15. The van der Waals surface area contributed by atoms with E-state index in [4.69, 9.17) is 9.47 Å². The fraction of sp³-hybridized carbons (Fsp3) is 0.409. The van der Waals surface area contributed by atoms with Crippen molar-refractivity contribution in [3.8, 4) is 22.5 Å². The summed E-state index contributed by atoms with van der Waals surface area (Å²) in [6.07, 6.45) is 1.29. The van der Waals surface area contributed by atoms with Crippen molar-refractivity contribution < 1.29 is 33.8 Å². The molecular weight excluding hydrogens is 725 g/mol. The van der Waals surface area contributed by atoms with E-state index >= 15 is 0 Å². The Kier molecular flexibility index (Phi) is 15.3. The molecule has 5 N–H and O–H groups in total. The molecule has 4 aromatic rings. The molecule has 2 aromatic carbocycles. The first-order chi connectivity index (χ1) is 27.0. The van der Waals surface area contributed by atoms with E-state index in [1.54, 1.807) is 12.4 Å². The average Bonchev–Trinajstić information content (AvgIpc) is 3.18. The lowest BCUT2D eigenvalue weighted by atomic mass is 9.85. The van der Waals surface area contributed by atoms with Crippen LogP contribution in [-0.4, -0.2) is 83.6 Å². The number of aliphatic hydroxyl groups excluding tert-OH is 1. The standard InChI is InChI=1S/C44H56N6O7/c1-43(2,3)37(49-41(54)56-7)39(52)47-32(25-28-15-19-30(20-16-28)33-13-9-11-23-45-33)27-36(51)35(48-40(53)38(44(4,5)6)50-42(55)57-8)26-29-17-21-31(22-18-29)34-14-10-12-24-46-34/h9-24,32,35-38,51H,25-27H2,1-8H3,(H,47,52)(H,48,53)(H,49,54)(H,50,55)/t32-,35-,36-,37+,38-/m0/s1. The third-order valence-corrected chi connectivity index (χ3v) is 9.58. The predicted octanol–water partition coefficient (Wildman–Crippen LogP) is 5.86. The lowest BCUT2D eigenvalue weighted by Crippen LogP contribution is -2.59. The number of nitrogens with one attached hydrogen (secondary N) is 4. The summed E-state index contributed by atoms with van der Waals surface area (Å²) in [5.74, 6) is -0.973. The summed E-state index contributed by atoms with van der Waals surface area (Å²) >= 11 is 0. The summed E-state index contributed by atoms with van der Waals surface area (Å²) < 4.78 is 9.63. The first-order valence-corrected chi connectivity index (χ1v) is 19.0. The lowest BCUT2D eigenvalue weighted by molar-refractivity contribution is -0.128. The number of aliphatic hydroxyl groups is 1. The lowest BCUT2D eigenvalue weighted by Gasteiger charge is -2.34. The van der Waals surface area contributed by atoms with Crippen LogP contribution in [0.3, 0.4) is 0 Å². The molecule has 0 saturated carbocycles. The molecule has 0 fully saturated rings. The molecule has 2 aromatic heterocycles. The highest BCUT2D eigenvalue weighted by Gasteiger charge is 2.37. The van der Waals surface area contributed by atoms with Gasteiger partial charge in [-0.2, -0.15) is 0 Å². The van der Waals surface area contributed by atoms with Crippen LogP contribution in [0.25, 0.3) is 22.5 Å². The summed E-state index contributed by atoms with van der Waals surface area (Å²) in [5, 5.41) is 23.5. The zero-order chi connectivity index (χ0) is 41.8. The van der Waals surface area contributed by atoms with Crippen LogP contribution in [0.1, 0.15) is 59.1 Å². The third-order valence-electron chi connectivity index (χ3n) is 9.58. The highest BCUT2D eigenvalue weighted by molar-refractivity contribution is 5.87. The highest BCUT2D eigenvalue weighted by Crippen LogP contribution is 2.25.